The first kappa shape index (κ1) is 18.9. The van der Waals surface area contributed by atoms with Crippen LogP contribution in [0, 0.1) is 0 Å². The number of carbonyl (C=O) groups is 1. The molecule has 0 saturated heterocycles. The summed E-state index contributed by atoms with van der Waals surface area (Å²) in [5.74, 6) is -0.458. The second-order valence-corrected chi connectivity index (χ2v) is 8.02. The van der Waals surface area contributed by atoms with E-state index >= 15 is 0 Å². The zero-order valence-electron chi connectivity index (χ0n) is 14.2. The summed E-state index contributed by atoms with van der Waals surface area (Å²) in [5, 5.41) is 3.08. The van der Waals surface area contributed by atoms with Crippen molar-refractivity contribution in [2.45, 2.75) is 4.90 Å². The first-order chi connectivity index (χ1) is 13.0. The molecule has 27 heavy (non-hydrogen) atoms. The van der Waals surface area contributed by atoms with Crippen molar-refractivity contribution in [3.05, 3.63) is 90.0 Å². The number of hydrogen-bond donors (Lipinski definition) is 1. The van der Waals surface area contributed by atoms with Crippen molar-refractivity contribution >= 4 is 38.9 Å². The normalized spacial score (nSPS) is 11.0. The van der Waals surface area contributed by atoms with Crippen LogP contribution < -0.4 is 9.62 Å². The van der Waals surface area contributed by atoms with Gasteiger partial charge in [0.05, 0.1) is 10.6 Å². The van der Waals surface area contributed by atoms with Gasteiger partial charge in [-0.2, -0.15) is 0 Å². The van der Waals surface area contributed by atoms with Crippen molar-refractivity contribution in [2.24, 2.45) is 0 Å². The van der Waals surface area contributed by atoms with Crippen LogP contribution in [0.1, 0.15) is 0 Å². The molecule has 0 aromatic heterocycles. The highest BCUT2D eigenvalue weighted by molar-refractivity contribution is 7.92. The predicted molar refractivity (Wildman–Crippen MR) is 107 cm³/mol. The van der Waals surface area contributed by atoms with Crippen molar-refractivity contribution < 1.29 is 13.2 Å². The second-order valence-electron chi connectivity index (χ2n) is 5.72. The lowest BCUT2D eigenvalue weighted by Gasteiger charge is -2.24. The summed E-state index contributed by atoms with van der Waals surface area (Å²) in [6, 6.07) is 23.2. The third-order valence-electron chi connectivity index (χ3n) is 3.77. The lowest BCUT2D eigenvalue weighted by Crippen LogP contribution is -2.38. The summed E-state index contributed by atoms with van der Waals surface area (Å²) >= 11 is 6.03. The summed E-state index contributed by atoms with van der Waals surface area (Å²) in [7, 11) is -3.94. The molecule has 0 radical (unpaired) electrons. The highest BCUT2D eigenvalue weighted by Gasteiger charge is 2.27. The molecular weight excluding hydrogens is 384 g/mol. The van der Waals surface area contributed by atoms with Gasteiger partial charge in [0, 0.05) is 10.7 Å². The van der Waals surface area contributed by atoms with E-state index in [0.29, 0.717) is 16.4 Å². The number of hydrogen-bond acceptors (Lipinski definition) is 3. The molecule has 3 rings (SSSR count). The fourth-order valence-electron chi connectivity index (χ4n) is 2.52. The number of rotatable bonds is 6. The van der Waals surface area contributed by atoms with Crippen LogP contribution >= 0.6 is 11.6 Å². The first-order valence-electron chi connectivity index (χ1n) is 8.15. The monoisotopic (exact) mass is 400 g/mol. The van der Waals surface area contributed by atoms with Crippen molar-refractivity contribution in [1.82, 2.24) is 0 Å². The Balaban J connectivity index is 1.94. The maximum Gasteiger partial charge on any atom is 0.264 e. The van der Waals surface area contributed by atoms with Crippen LogP contribution in [0.3, 0.4) is 0 Å². The van der Waals surface area contributed by atoms with Gasteiger partial charge in [0.2, 0.25) is 5.91 Å². The second kappa shape index (κ2) is 8.24. The Hall–Kier alpha value is -2.83. The molecule has 0 spiro atoms. The molecule has 1 N–H and O–H groups in total. The van der Waals surface area contributed by atoms with Crippen molar-refractivity contribution in [3.63, 3.8) is 0 Å². The molecule has 0 aliphatic heterocycles. The lowest BCUT2D eigenvalue weighted by molar-refractivity contribution is -0.114. The van der Waals surface area contributed by atoms with E-state index in [1.807, 2.05) is 6.07 Å². The minimum atomic E-state index is -3.94. The van der Waals surface area contributed by atoms with Gasteiger partial charge in [0.25, 0.3) is 10.0 Å². The molecule has 1 amide bonds. The number of carbonyl (C=O) groups excluding carboxylic acids is 1. The number of anilines is 2. The molecule has 7 heteroatoms. The van der Waals surface area contributed by atoms with Gasteiger partial charge in [0.1, 0.15) is 6.54 Å². The number of sulfonamides is 1. The molecule has 5 nitrogen and oxygen atoms in total. The minimum Gasteiger partial charge on any atom is -0.325 e. The predicted octanol–water partition coefficient (Wildman–Crippen LogP) is 4.17. The fraction of sp³-hybridized carbons (Fsp3) is 0.0500. The smallest absolute Gasteiger partial charge is 0.264 e. The summed E-state index contributed by atoms with van der Waals surface area (Å²) in [4.78, 5) is 12.6. The van der Waals surface area contributed by atoms with E-state index in [2.05, 4.69) is 5.32 Å². The Kier molecular flexibility index (Phi) is 5.78. The van der Waals surface area contributed by atoms with E-state index in [-0.39, 0.29) is 11.4 Å². The molecule has 3 aromatic rings. The van der Waals surface area contributed by atoms with Gasteiger partial charge >= 0.3 is 0 Å². The molecule has 0 bridgehead atoms. The Labute approximate surface area is 163 Å². The van der Waals surface area contributed by atoms with Crippen LogP contribution in [0.5, 0.6) is 0 Å². The van der Waals surface area contributed by atoms with Crippen LogP contribution in [-0.4, -0.2) is 20.9 Å². The Bertz CT molecular complexity index is 1030. The fourth-order valence-corrected chi connectivity index (χ4v) is 4.14. The van der Waals surface area contributed by atoms with Gasteiger partial charge < -0.3 is 5.32 Å². The largest absolute Gasteiger partial charge is 0.325 e. The summed E-state index contributed by atoms with van der Waals surface area (Å²) in [6.45, 7) is -0.382. The van der Waals surface area contributed by atoms with Gasteiger partial charge in [-0.1, -0.05) is 54.1 Å². The number of para-hydroxylation sites is 1. The molecule has 0 fully saturated rings. The SMILES string of the molecule is O=C(CN(c1cccc(Cl)c1)S(=O)(=O)c1ccccc1)Nc1ccccc1. The number of nitrogens with one attached hydrogen (secondary N) is 1. The van der Waals surface area contributed by atoms with Crippen LogP contribution in [0.2, 0.25) is 5.02 Å². The van der Waals surface area contributed by atoms with Gasteiger partial charge in [-0.15, -0.1) is 0 Å². The van der Waals surface area contributed by atoms with Crippen LogP contribution in [0.25, 0.3) is 0 Å². The first-order valence-corrected chi connectivity index (χ1v) is 9.97. The number of halogens is 1. The average Bonchev–Trinajstić information content (AvgIpc) is 2.67. The summed E-state index contributed by atoms with van der Waals surface area (Å²) in [6.07, 6.45) is 0. The molecule has 0 unspecified atom stereocenters. The van der Waals surface area contributed by atoms with Gasteiger partial charge in [0.15, 0.2) is 0 Å². The van der Waals surface area contributed by atoms with Crippen LogP contribution in [0.4, 0.5) is 11.4 Å². The average molecular weight is 401 g/mol. The Morgan fingerprint density at radius 2 is 1.52 bits per heavy atom. The maximum absolute atomic E-state index is 13.1. The van der Waals surface area contributed by atoms with Gasteiger partial charge in [-0.3, -0.25) is 9.10 Å². The quantitative estimate of drug-likeness (QED) is 0.675. The highest BCUT2D eigenvalue weighted by Crippen LogP contribution is 2.26. The van der Waals surface area contributed by atoms with Crippen LogP contribution in [-0.2, 0) is 14.8 Å². The molecule has 0 heterocycles. The van der Waals surface area contributed by atoms with Crippen LogP contribution in [0.15, 0.2) is 89.8 Å². The Morgan fingerprint density at radius 3 is 2.15 bits per heavy atom. The highest BCUT2D eigenvalue weighted by atomic mass is 35.5. The minimum absolute atomic E-state index is 0.0949. The molecule has 0 atom stereocenters. The standard InChI is InChI=1S/C20H17ClN2O3S/c21-16-8-7-11-18(14-16)23(27(25,26)19-12-5-2-6-13-19)15-20(24)22-17-9-3-1-4-10-17/h1-14H,15H2,(H,22,24). The van der Waals surface area contributed by atoms with E-state index in [4.69, 9.17) is 11.6 Å². The Morgan fingerprint density at radius 1 is 0.889 bits per heavy atom. The number of nitrogens with zero attached hydrogens (tertiary/aromatic N) is 1. The third kappa shape index (κ3) is 4.67. The van der Waals surface area contributed by atoms with E-state index in [1.165, 1.54) is 18.2 Å². The number of benzene rings is 3. The molecule has 0 aliphatic carbocycles. The summed E-state index contributed by atoms with van der Waals surface area (Å²) < 4.78 is 27.3. The van der Waals surface area contributed by atoms with Gasteiger partial charge in [-0.25, -0.2) is 8.42 Å². The van der Waals surface area contributed by atoms with E-state index < -0.39 is 15.9 Å². The molecule has 138 valence electrons. The van der Waals surface area contributed by atoms with E-state index in [1.54, 1.807) is 60.7 Å². The summed E-state index contributed by atoms with van der Waals surface area (Å²) in [5.41, 5.74) is 0.903. The van der Waals surface area contributed by atoms with Crippen molar-refractivity contribution in [3.8, 4) is 0 Å². The maximum atomic E-state index is 13.1. The van der Waals surface area contributed by atoms with Gasteiger partial charge in [-0.05, 0) is 42.5 Å². The molecule has 0 aliphatic rings. The lowest BCUT2D eigenvalue weighted by atomic mass is 10.3. The zero-order chi connectivity index (χ0) is 19.3. The van der Waals surface area contributed by atoms with Crippen molar-refractivity contribution in [1.29, 1.82) is 0 Å². The molecular formula is C20H17ClN2O3S. The molecule has 0 saturated carbocycles. The van der Waals surface area contributed by atoms with E-state index in [0.717, 1.165) is 4.31 Å². The molecule has 3 aromatic carbocycles. The van der Waals surface area contributed by atoms with Crippen molar-refractivity contribution in [2.75, 3.05) is 16.2 Å². The van der Waals surface area contributed by atoms with E-state index in [9.17, 15) is 13.2 Å². The topological polar surface area (TPSA) is 66.5 Å². The number of amides is 1. The zero-order valence-corrected chi connectivity index (χ0v) is 15.8. The third-order valence-corrected chi connectivity index (χ3v) is 5.80.